The molecule has 37 heavy (non-hydrogen) atoms. The van der Waals surface area contributed by atoms with Gasteiger partial charge in [0.15, 0.2) is 0 Å². The molecule has 0 radical (unpaired) electrons. The average molecular weight is 499 g/mol. The van der Waals surface area contributed by atoms with Gasteiger partial charge in [-0.2, -0.15) is 0 Å². The van der Waals surface area contributed by atoms with Crippen LogP contribution < -0.4 is 15.5 Å². The van der Waals surface area contributed by atoms with E-state index in [4.69, 9.17) is 0 Å². The molecule has 2 aliphatic heterocycles. The fraction of sp³-hybridized carbons (Fsp3) is 0.387. The molecule has 0 spiro atoms. The largest absolute Gasteiger partial charge is 0.356 e. The predicted octanol–water partition coefficient (Wildman–Crippen LogP) is 6.19. The van der Waals surface area contributed by atoms with E-state index in [0.29, 0.717) is 18.0 Å². The molecular formula is C31H42N6. The first-order valence-corrected chi connectivity index (χ1v) is 13.1. The summed E-state index contributed by atoms with van der Waals surface area (Å²) in [6.45, 7) is 16.1. The molecule has 4 rings (SSSR count). The van der Waals surface area contributed by atoms with Crippen molar-refractivity contribution in [3.63, 3.8) is 0 Å². The van der Waals surface area contributed by atoms with Crippen LogP contribution in [0.5, 0.6) is 0 Å². The number of aliphatic imine (C=N–C) groups is 2. The molecule has 2 aromatic rings. The molecule has 2 aliphatic rings. The average Bonchev–Trinajstić information content (AvgIpc) is 2.94. The summed E-state index contributed by atoms with van der Waals surface area (Å²) in [6, 6.07) is 11.4. The molecule has 0 aliphatic carbocycles. The van der Waals surface area contributed by atoms with E-state index < -0.39 is 0 Å². The number of hydrogen-bond donors (Lipinski definition) is 2. The Bertz CT molecular complexity index is 1150. The second-order valence-electron chi connectivity index (χ2n) is 9.64. The molecule has 2 unspecified atom stereocenters. The van der Waals surface area contributed by atoms with E-state index in [1.165, 1.54) is 18.4 Å². The van der Waals surface area contributed by atoms with Gasteiger partial charge in [-0.15, -0.1) is 0 Å². The maximum atomic E-state index is 4.56. The van der Waals surface area contributed by atoms with E-state index in [9.17, 15) is 0 Å². The first-order chi connectivity index (χ1) is 17.9. The molecule has 6 heteroatoms. The van der Waals surface area contributed by atoms with E-state index >= 15 is 0 Å². The molecule has 0 amide bonds. The number of piperidine rings is 1. The smallest absolute Gasteiger partial charge is 0.129 e. The topological polar surface area (TPSA) is 64.9 Å². The molecule has 0 saturated carbocycles. The molecule has 6 nitrogen and oxygen atoms in total. The van der Waals surface area contributed by atoms with Crippen LogP contribution in [0.25, 0.3) is 17.7 Å². The minimum atomic E-state index is 0.355. The van der Waals surface area contributed by atoms with E-state index in [2.05, 4.69) is 87.8 Å². The second kappa shape index (κ2) is 13.7. The molecule has 2 atom stereocenters. The van der Waals surface area contributed by atoms with Gasteiger partial charge in [0.2, 0.25) is 0 Å². The second-order valence-corrected chi connectivity index (χ2v) is 9.64. The number of nitrogens with one attached hydrogen (secondary N) is 2. The summed E-state index contributed by atoms with van der Waals surface area (Å²) in [4.78, 5) is 15.5. The summed E-state index contributed by atoms with van der Waals surface area (Å²) in [7, 11) is 3.82. The standard InChI is InChI=1S/C18H23N3.C13H19N3/c1-6-15-7-8-16(10-18(15)21-14(4)19-5)17-9-12(2)13(3)20-11-17;1-3-11-4-7-15-13(10-11)16-8-5-12(14-2)6-9-16/h6-13H,1H2,2-5H3,(H,19,21);3-4,7,10,12,14H,1,5-6,8-9H2,2H3. The van der Waals surface area contributed by atoms with Crippen LogP contribution in [0.2, 0.25) is 0 Å². The van der Waals surface area contributed by atoms with Gasteiger partial charge in [-0.1, -0.05) is 50.4 Å². The highest BCUT2D eigenvalue weighted by Crippen LogP contribution is 2.27. The normalized spacial score (nSPS) is 20.0. The van der Waals surface area contributed by atoms with Crippen LogP contribution in [-0.4, -0.2) is 56.3 Å². The summed E-state index contributed by atoms with van der Waals surface area (Å²) in [5.74, 6) is 2.41. The van der Waals surface area contributed by atoms with E-state index in [1.807, 2.05) is 44.6 Å². The highest BCUT2D eigenvalue weighted by Gasteiger charge is 2.18. The zero-order valence-electron chi connectivity index (χ0n) is 23.0. The third kappa shape index (κ3) is 7.73. The van der Waals surface area contributed by atoms with Crippen molar-refractivity contribution in [2.24, 2.45) is 15.9 Å². The van der Waals surface area contributed by atoms with Gasteiger partial charge in [0.25, 0.3) is 0 Å². The summed E-state index contributed by atoms with van der Waals surface area (Å²) in [5.41, 5.74) is 5.56. The number of benzene rings is 1. The Balaban J connectivity index is 0.000000213. The minimum Gasteiger partial charge on any atom is -0.356 e. The maximum absolute atomic E-state index is 4.56. The van der Waals surface area contributed by atoms with Crippen LogP contribution in [-0.2, 0) is 0 Å². The first kappa shape index (κ1) is 28.1. The number of amidine groups is 1. The van der Waals surface area contributed by atoms with Crippen molar-refractivity contribution in [2.45, 2.75) is 45.7 Å². The van der Waals surface area contributed by atoms with Crippen molar-refractivity contribution in [1.29, 1.82) is 0 Å². The number of nitrogens with zero attached hydrogens (tertiary/aromatic N) is 4. The Morgan fingerprint density at radius 3 is 2.49 bits per heavy atom. The Morgan fingerprint density at radius 1 is 1.11 bits per heavy atom. The van der Waals surface area contributed by atoms with Crippen LogP contribution in [0.15, 0.2) is 65.7 Å². The third-order valence-electron chi connectivity index (χ3n) is 7.14. The maximum Gasteiger partial charge on any atom is 0.129 e. The van der Waals surface area contributed by atoms with Crippen LogP contribution in [0.3, 0.4) is 0 Å². The van der Waals surface area contributed by atoms with E-state index in [-0.39, 0.29) is 0 Å². The molecule has 1 aromatic heterocycles. The van der Waals surface area contributed by atoms with Crippen molar-refractivity contribution in [3.05, 3.63) is 72.5 Å². The molecule has 1 aromatic carbocycles. The number of pyridine rings is 1. The number of aromatic nitrogens is 1. The fourth-order valence-electron chi connectivity index (χ4n) is 4.37. The van der Waals surface area contributed by atoms with Crippen molar-refractivity contribution >= 4 is 41.3 Å². The van der Waals surface area contributed by atoms with Crippen molar-refractivity contribution in [3.8, 4) is 0 Å². The van der Waals surface area contributed by atoms with Gasteiger partial charge in [-0.3, -0.25) is 9.98 Å². The van der Waals surface area contributed by atoms with Crippen molar-refractivity contribution in [1.82, 2.24) is 10.3 Å². The SMILES string of the molecule is C=Cc1ccc(C2=CC(C)C(C)N=C2)cc1NC(C)=NC.C=Cc1ccnc(N2CCC(NC)CC2)c1. The fourth-order valence-corrected chi connectivity index (χ4v) is 4.37. The highest BCUT2D eigenvalue weighted by atomic mass is 15.2. The van der Waals surface area contributed by atoms with Gasteiger partial charge in [0.05, 0.1) is 11.9 Å². The molecule has 2 N–H and O–H groups in total. The minimum absolute atomic E-state index is 0.355. The third-order valence-corrected chi connectivity index (χ3v) is 7.14. The van der Waals surface area contributed by atoms with E-state index in [0.717, 1.165) is 47.1 Å². The molecule has 0 bridgehead atoms. The number of hydrogen-bond acceptors (Lipinski definition) is 5. The Kier molecular flexibility index (Phi) is 10.4. The lowest BCUT2D eigenvalue weighted by molar-refractivity contribution is 0.441. The van der Waals surface area contributed by atoms with Gasteiger partial charge < -0.3 is 15.5 Å². The Morgan fingerprint density at radius 2 is 1.86 bits per heavy atom. The van der Waals surface area contributed by atoms with Crippen LogP contribution in [0.1, 0.15) is 50.3 Å². The number of anilines is 2. The lowest BCUT2D eigenvalue weighted by atomic mass is 9.93. The summed E-state index contributed by atoms with van der Waals surface area (Å²) in [6.07, 6.45) is 12.2. The molecule has 196 valence electrons. The number of allylic oxidation sites excluding steroid dienone is 1. The van der Waals surface area contributed by atoms with Gasteiger partial charge in [-0.05, 0) is 80.1 Å². The molecule has 1 fully saturated rings. The highest BCUT2D eigenvalue weighted by molar-refractivity contribution is 6.11. The first-order valence-electron chi connectivity index (χ1n) is 13.1. The predicted molar refractivity (Wildman–Crippen MR) is 163 cm³/mol. The lowest BCUT2D eigenvalue weighted by Gasteiger charge is -2.32. The Hall–Kier alpha value is -3.51. The molecule has 1 saturated heterocycles. The number of dihydropyridines is 1. The summed E-state index contributed by atoms with van der Waals surface area (Å²) >= 11 is 0. The van der Waals surface area contributed by atoms with Gasteiger partial charge in [0.1, 0.15) is 5.82 Å². The quantitative estimate of drug-likeness (QED) is 0.368. The van der Waals surface area contributed by atoms with Crippen LogP contribution in [0, 0.1) is 5.92 Å². The lowest BCUT2D eigenvalue weighted by Crippen LogP contribution is -2.41. The summed E-state index contributed by atoms with van der Waals surface area (Å²) < 4.78 is 0. The van der Waals surface area contributed by atoms with Crippen LogP contribution in [0.4, 0.5) is 11.5 Å². The van der Waals surface area contributed by atoms with E-state index in [1.54, 1.807) is 7.05 Å². The van der Waals surface area contributed by atoms with Crippen LogP contribution >= 0.6 is 0 Å². The summed E-state index contributed by atoms with van der Waals surface area (Å²) in [5, 5.41) is 6.65. The van der Waals surface area contributed by atoms with Gasteiger partial charge in [-0.25, -0.2) is 4.98 Å². The van der Waals surface area contributed by atoms with Crippen molar-refractivity contribution in [2.75, 3.05) is 37.4 Å². The Labute approximate surface area is 223 Å². The molecule has 3 heterocycles. The van der Waals surface area contributed by atoms with Crippen molar-refractivity contribution < 1.29 is 0 Å². The van der Waals surface area contributed by atoms with Gasteiger partial charge in [0, 0.05) is 44.3 Å². The number of rotatable bonds is 6. The van der Waals surface area contributed by atoms with Gasteiger partial charge >= 0.3 is 0 Å². The zero-order valence-corrected chi connectivity index (χ0v) is 23.0. The zero-order chi connectivity index (χ0) is 26.8. The monoisotopic (exact) mass is 498 g/mol. The molecular weight excluding hydrogens is 456 g/mol.